The molecule has 126 valence electrons. The highest BCUT2D eigenvalue weighted by atomic mass is 127. The van der Waals surface area contributed by atoms with E-state index in [9.17, 15) is 8.42 Å². The second kappa shape index (κ2) is 7.45. The second-order valence-corrected chi connectivity index (χ2v) is 15.0. The average Bonchev–Trinajstić information content (AvgIpc) is 2.85. The van der Waals surface area contributed by atoms with Crippen LogP contribution in [-0.2, 0) is 21.3 Å². The van der Waals surface area contributed by atoms with Crippen molar-refractivity contribution in [2.45, 2.75) is 42.5 Å². The first kappa shape index (κ1) is 18.6. The van der Waals surface area contributed by atoms with Gasteiger partial charge in [-0.05, 0) is 40.8 Å². The summed E-state index contributed by atoms with van der Waals surface area (Å²) < 4.78 is 33.5. The SMILES string of the molecule is C[Si](C)(C)CCOCn1c(I)cnc1S(=O)(=O)c1ccccc1. The van der Waals surface area contributed by atoms with Gasteiger partial charge in [0.25, 0.3) is 0 Å². The van der Waals surface area contributed by atoms with E-state index in [-0.39, 0.29) is 16.8 Å². The molecule has 0 amide bonds. The predicted octanol–water partition coefficient (Wildman–Crippen LogP) is 3.63. The number of hydrogen-bond donors (Lipinski definition) is 0. The Kier molecular flexibility index (Phi) is 6.03. The fourth-order valence-corrected chi connectivity index (χ4v) is 4.70. The summed E-state index contributed by atoms with van der Waals surface area (Å²) in [5.41, 5.74) is 0. The maximum absolute atomic E-state index is 12.7. The summed E-state index contributed by atoms with van der Waals surface area (Å²) in [6.07, 6.45) is 1.55. The van der Waals surface area contributed by atoms with Gasteiger partial charge in [0.05, 0.1) is 11.1 Å². The van der Waals surface area contributed by atoms with Crippen molar-refractivity contribution in [3.8, 4) is 0 Å². The zero-order chi connectivity index (χ0) is 17.1. The van der Waals surface area contributed by atoms with E-state index in [2.05, 4.69) is 47.2 Å². The molecule has 1 aromatic carbocycles. The van der Waals surface area contributed by atoms with E-state index in [0.717, 1.165) is 9.74 Å². The molecule has 5 nitrogen and oxygen atoms in total. The number of hydrogen-bond acceptors (Lipinski definition) is 4. The third kappa shape index (κ3) is 4.88. The van der Waals surface area contributed by atoms with Gasteiger partial charge in [-0.1, -0.05) is 37.8 Å². The predicted molar refractivity (Wildman–Crippen MR) is 101 cm³/mol. The number of rotatable bonds is 7. The number of nitrogens with zero attached hydrogens (tertiary/aromatic N) is 2. The second-order valence-electron chi connectivity index (χ2n) is 6.46. The minimum atomic E-state index is -3.64. The lowest BCUT2D eigenvalue weighted by atomic mass is 10.4. The van der Waals surface area contributed by atoms with Crippen LogP contribution in [0.2, 0.25) is 25.7 Å². The fraction of sp³-hybridized carbons (Fsp3) is 0.400. The molecule has 0 aliphatic heterocycles. The third-order valence-corrected chi connectivity index (χ3v) is 7.55. The molecule has 1 heterocycles. The summed E-state index contributed by atoms with van der Waals surface area (Å²) in [5, 5.41) is 0.0288. The van der Waals surface area contributed by atoms with Gasteiger partial charge in [-0.2, -0.15) is 0 Å². The van der Waals surface area contributed by atoms with Crippen LogP contribution < -0.4 is 0 Å². The van der Waals surface area contributed by atoms with Crippen LogP contribution >= 0.6 is 22.6 Å². The molecule has 0 saturated carbocycles. The number of aromatic nitrogens is 2. The molecule has 0 aliphatic carbocycles. The summed E-state index contributed by atoms with van der Waals surface area (Å²) in [5.74, 6) is 0. The summed E-state index contributed by atoms with van der Waals surface area (Å²) in [4.78, 5) is 4.33. The van der Waals surface area contributed by atoms with Gasteiger partial charge in [-0.25, -0.2) is 13.4 Å². The minimum absolute atomic E-state index is 0.0288. The molecule has 0 bridgehead atoms. The van der Waals surface area contributed by atoms with E-state index in [0.29, 0.717) is 6.61 Å². The van der Waals surface area contributed by atoms with Crippen LogP contribution in [-0.4, -0.2) is 32.6 Å². The molecule has 1 aromatic heterocycles. The molecule has 2 aromatic rings. The quantitative estimate of drug-likeness (QED) is 0.357. The molecule has 0 atom stereocenters. The van der Waals surface area contributed by atoms with Crippen molar-refractivity contribution in [1.82, 2.24) is 9.55 Å². The minimum Gasteiger partial charge on any atom is -0.361 e. The van der Waals surface area contributed by atoms with Gasteiger partial charge in [-0.15, -0.1) is 0 Å². The molecule has 8 heteroatoms. The van der Waals surface area contributed by atoms with Crippen LogP contribution in [0.1, 0.15) is 0 Å². The molecule has 0 aliphatic rings. The summed E-state index contributed by atoms with van der Waals surface area (Å²) >= 11 is 2.07. The Labute approximate surface area is 152 Å². The highest BCUT2D eigenvalue weighted by Crippen LogP contribution is 2.22. The van der Waals surface area contributed by atoms with Gasteiger partial charge in [-0.3, -0.25) is 4.57 Å². The van der Waals surface area contributed by atoms with Crippen LogP contribution in [0.4, 0.5) is 0 Å². The highest BCUT2D eigenvalue weighted by molar-refractivity contribution is 14.1. The van der Waals surface area contributed by atoms with Gasteiger partial charge in [0.1, 0.15) is 10.4 Å². The Hall–Kier alpha value is -0.713. The molecule has 23 heavy (non-hydrogen) atoms. The van der Waals surface area contributed by atoms with E-state index in [4.69, 9.17) is 4.74 Å². The Morgan fingerprint density at radius 2 is 1.87 bits per heavy atom. The lowest BCUT2D eigenvalue weighted by Gasteiger charge is -2.16. The lowest BCUT2D eigenvalue weighted by molar-refractivity contribution is 0.0792. The van der Waals surface area contributed by atoms with Crippen LogP contribution in [0.15, 0.2) is 46.6 Å². The topological polar surface area (TPSA) is 61.2 Å². The van der Waals surface area contributed by atoms with Crippen molar-refractivity contribution in [2.24, 2.45) is 0 Å². The first-order chi connectivity index (χ1) is 10.7. The normalized spacial score (nSPS) is 12.5. The fourth-order valence-electron chi connectivity index (χ4n) is 1.91. The summed E-state index contributed by atoms with van der Waals surface area (Å²) in [6, 6.07) is 9.39. The van der Waals surface area contributed by atoms with Gasteiger partial charge in [0, 0.05) is 14.7 Å². The van der Waals surface area contributed by atoms with Crippen LogP contribution in [0, 0.1) is 3.70 Å². The van der Waals surface area contributed by atoms with Crippen molar-refractivity contribution < 1.29 is 13.2 Å². The average molecular weight is 464 g/mol. The van der Waals surface area contributed by atoms with E-state index in [1.165, 1.54) is 0 Å². The van der Waals surface area contributed by atoms with Crippen LogP contribution in [0.25, 0.3) is 0 Å². The zero-order valence-corrected chi connectivity index (χ0v) is 17.5. The van der Waals surface area contributed by atoms with Crippen LogP contribution in [0.3, 0.4) is 0 Å². The zero-order valence-electron chi connectivity index (χ0n) is 13.5. The number of sulfone groups is 1. The monoisotopic (exact) mass is 464 g/mol. The van der Waals surface area contributed by atoms with E-state index in [1.54, 1.807) is 41.1 Å². The molecule has 0 spiro atoms. The Morgan fingerprint density at radius 3 is 2.48 bits per heavy atom. The lowest BCUT2D eigenvalue weighted by Crippen LogP contribution is -2.22. The molecule has 0 N–H and O–H groups in total. The first-order valence-corrected chi connectivity index (χ1v) is 13.6. The molecular formula is C15H21IN2O3SSi. The number of imidazole rings is 1. The molecular weight excluding hydrogens is 443 g/mol. The molecule has 0 radical (unpaired) electrons. The van der Waals surface area contributed by atoms with E-state index in [1.807, 2.05) is 0 Å². The maximum Gasteiger partial charge on any atom is 0.240 e. The summed E-state index contributed by atoms with van der Waals surface area (Å²) in [7, 11) is -4.80. The van der Waals surface area contributed by atoms with Gasteiger partial charge < -0.3 is 4.74 Å². The smallest absolute Gasteiger partial charge is 0.240 e. The van der Waals surface area contributed by atoms with Crippen molar-refractivity contribution in [2.75, 3.05) is 6.61 Å². The highest BCUT2D eigenvalue weighted by Gasteiger charge is 2.25. The van der Waals surface area contributed by atoms with Crippen LogP contribution in [0.5, 0.6) is 0 Å². The first-order valence-electron chi connectivity index (χ1n) is 7.31. The standard InChI is InChI=1S/C15H21IN2O3SSi/c1-23(2,3)10-9-21-12-18-14(16)11-17-15(18)22(19,20)13-7-5-4-6-8-13/h4-8,11H,9-10,12H2,1-3H3. The summed E-state index contributed by atoms with van der Waals surface area (Å²) in [6.45, 7) is 7.67. The van der Waals surface area contributed by atoms with Gasteiger partial charge >= 0.3 is 0 Å². The molecule has 0 fully saturated rings. The van der Waals surface area contributed by atoms with Crippen molar-refractivity contribution in [3.05, 3.63) is 40.2 Å². The van der Waals surface area contributed by atoms with Crippen molar-refractivity contribution >= 4 is 40.5 Å². The van der Waals surface area contributed by atoms with Crippen molar-refractivity contribution in [3.63, 3.8) is 0 Å². The number of halogens is 1. The third-order valence-electron chi connectivity index (χ3n) is 3.28. The molecule has 0 saturated heterocycles. The van der Waals surface area contributed by atoms with E-state index >= 15 is 0 Å². The molecule has 0 unspecified atom stereocenters. The van der Waals surface area contributed by atoms with Crippen molar-refractivity contribution in [1.29, 1.82) is 0 Å². The Bertz CT molecular complexity index is 755. The van der Waals surface area contributed by atoms with E-state index < -0.39 is 17.9 Å². The Balaban J connectivity index is 2.19. The van der Waals surface area contributed by atoms with Gasteiger partial charge in [0.2, 0.25) is 15.0 Å². The maximum atomic E-state index is 12.7. The largest absolute Gasteiger partial charge is 0.361 e. The van der Waals surface area contributed by atoms with Gasteiger partial charge in [0.15, 0.2) is 0 Å². The number of ether oxygens (including phenoxy) is 1. The molecule has 2 rings (SSSR count). The number of benzene rings is 1. The Morgan fingerprint density at radius 1 is 1.22 bits per heavy atom.